The van der Waals surface area contributed by atoms with E-state index in [4.69, 9.17) is 9.15 Å². The molecule has 0 unspecified atom stereocenters. The molecule has 25 heavy (non-hydrogen) atoms. The van der Waals surface area contributed by atoms with Gasteiger partial charge >= 0.3 is 0 Å². The van der Waals surface area contributed by atoms with Crippen molar-refractivity contribution in [1.29, 1.82) is 0 Å². The third kappa shape index (κ3) is 4.60. The molecule has 0 amide bonds. The van der Waals surface area contributed by atoms with Gasteiger partial charge < -0.3 is 29.3 Å². The van der Waals surface area contributed by atoms with Crippen molar-refractivity contribution in [1.82, 2.24) is 9.55 Å². The molecule has 0 saturated carbocycles. The van der Waals surface area contributed by atoms with Gasteiger partial charge in [-0.05, 0) is 31.2 Å². The third-order valence-electron chi connectivity index (χ3n) is 3.74. The second-order valence-corrected chi connectivity index (χ2v) is 6.01. The van der Waals surface area contributed by atoms with Crippen LogP contribution in [0.4, 0.5) is 5.95 Å². The van der Waals surface area contributed by atoms with Gasteiger partial charge in [-0.1, -0.05) is 12.1 Å². The fraction of sp³-hybridized carbons (Fsp3) is 0.389. The number of para-hydroxylation sites is 2. The normalized spacial score (nSPS) is 13.9. The molecule has 2 atom stereocenters. The van der Waals surface area contributed by atoms with Gasteiger partial charge in [-0.2, -0.15) is 0 Å². The molecule has 7 heteroatoms. The zero-order valence-corrected chi connectivity index (χ0v) is 14.1. The number of fused-ring (bicyclic) bond motifs is 1. The molecular weight excluding hydrogens is 322 g/mol. The van der Waals surface area contributed by atoms with Crippen molar-refractivity contribution in [3.05, 3.63) is 48.4 Å². The highest BCUT2D eigenvalue weighted by atomic mass is 16.5. The lowest BCUT2D eigenvalue weighted by Gasteiger charge is -2.16. The van der Waals surface area contributed by atoms with Crippen LogP contribution in [0.5, 0.6) is 0 Å². The lowest BCUT2D eigenvalue weighted by molar-refractivity contribution is 0.0154. The van der Waals surface area contributed by atoms with Crippen LogP contribution in [-0.2, 0) is 17.9 Å². The van der Waals surface area contributed by atoms with E-state index in [0.29, 0.717) is 25.6 Å². The van der Waals surface area contributed by atoms with Crippen LogP contribution in [0.15, 0.2) is 47.1 Å². The molecule has 2 aromatic heterocycles. The predicted molar refractivity (Wildman–Crippen MR) is 94.3 cm³/mol. The van der Waals surface area contributed by atoms with Crippen molar-refractivity contribution < 1.29 is 19.4 Å². The van der Waals surface area contributed by atoms with Gasteiger partial charge in [-0.3, -0.25) is 0 Å². The maximum Gasteiger partial charge on any atom is 0.204 e. The smallest absolute Gasteiger partial charge is 0.204 e. The summed E-state index contributed by atoms with van der Waals surface area (Å²) >= 11 is 0. The van der Waals surface area contributed by atoms with E-state index >= 15 is 0 Å². The number of hydrogen-bond donors (Lipinski definition) is 3. The first-order chi connectivity index (χ1) is 12.1. The highest BCUT2D eigenvalue weighted by Crippen LogP contribution is 2.20. The molecule has 0 radical (unpaired) electrons. The summed E-state index contributed by atoms with van der Waals surface area (Å²) < 4.78 is 12.6. The number of imidazole rings is 1. The minimum absolute atomic E-state index is 0.184. The maximum absolute atomic E-state index is 10.3. The topological polar surface area (TPSA) is 92.7 Å². The van der Waals surface area contributed by atoms with Gasteiger partial charge in [-0.15, -0.1) is 0 Å². The van der Waals surface area contributed by atoms with Gasteiger partial charge in [0.15, 0.2) is 0 Å². The summed E-state index contributed by atoms with van der Waals surface area (Å²) in [4.78, 5) is 4.53. The molecule has 0 aliphatic carbocycles. The van der Waals surface area contributed by atoms with Crippen molar-refractivity contribution in [2.45, 2.75) is 32.3 Å². The largest absolute Gasteiger partial charge is 0.467 e. The molecule has 3 rings (SSSR count). The van der Waals surface area contributed by atoms with Gasteiger partial charge in [0.25, 0.3) is 0 Å². The van der Waals surface area contributed by atoms with E-state index in [1.807, 2.05) is 34.9 Å². The Labute approximate surface area is 145 Å². The predicted octanol–water partition coefficient (Wildman–Crippen LogP) is 2.00. The van der Waals surface area contributed by atoms with Crippen LogP contribution in [0.1, 0.15) is 12.7 Å². The molecule has 134 valence electrons. The van der Waals surface area contributed by atoms with Gasteiger partial charge in [-0.25, -0.2) is 4.98 Å². The molecule has 2 heterocycles. The van der Waals surface area contributed by atoms with E-state index in [-0.39, 0.29) is 6.61 Å². The number of rotatable bonds is 9. The van der Waals surface area contributed by atoms with E-state index in [1.54, 1.807) is 19.3 Å². The molecule has 0 aliphatic rings. The van der Waals surface area contributed by atoms with Gasteiger partial charge in [0.05, 0.1) is 42.7 Å². The maximum atomic E-state index is 10.3. The number of furan rings is 1. The lowest BCUT2D eigenvalue weighted by Crippen LogP contribution is -2.24. The van der Waals surface area contributed by atoms with E-state index < -0.39 is 12.2 Å². The first-order valence-electron chi connectivity index (χ1n) is 8.29. The van der Waals surface area contributed by atoms with Crippen molar-refractivity contribution in [2.24, 2.45) is 0 Å². The molecule has 7 nitrogen and oxygen atoms in total. The Morgan fingerprint density at radius 3 is 2.84 bits per heavy atom. The van der Waals surface area contributed by atoms with Gasteiger partial charge in [0.2, 0.25) is 5.95 Å². The highest BCUT2D eigenvalue weighted by Gasteiger charge is 2.15. The van der Waals surface area contributed by atoms with Crippen molar-refractivity contribution in [3.63, 3.8) is 0 Å². The number of anilines is 1. The Kier molecular flexibility index (Phi) is 5.70. The van der Waals surface area contributed by atoms with Gasteiger partial charge in [0, 0.05) is 6.54 Å². The summed E-state index contributed by atoms with van der Waals surface area (Å²) in [6, 6.07) is 11.3. The van der Waals surface area contributed by atoms with Crippen LogP contribution in [0.2, 0.25) is 0 Å². The molecular formula is C18H23N3O4. The first-order valence-corrected chi connectivity index (χ1v) is 8.29. The fourth-order valence-electron chi connectivity index (χ4n) is 2.59. The summed E-state index contributed by atoms with van der Waals surface area (Å²) in [5, 5.41) is 22.9. The minimum Gasteiger partial charge on any atom is -0.467 e. The van der Waals surface area contributed by atoms with Crippen molar-refractivity contribution >= 4 is 17.0 Å². The third-order valence-corrected chi connectivity index (χ3v) is 3.74. The Balaban J connectivity index is 1.66. The van der Waals surface area contributed by atoms with E-state index in [2.05, 4.69) is 10.3 Å². The fourth-order valence-corrected chi connectivity index (χ4v) is 2.59. The quantitative estimate of drug-likeness (QED) is 0.549. The van der Waals surface area contributed by atoms with E-state index in [0.717, 1.165) is 16.8 Å². The van der Waals surface area contributed by atoms with Crippen LogP contribution < -0.4 is 5.32 Å². The van der Waals surface area contributed by atoms with Crippen molar-refractivity contribution in [2.75, 3.05) is 18.5 Å². The van der Waals surface area contributed by atoms with E-state index in [9.17, 15) is 10.2 Å². The second kappa shape index (κ2) is 8.15. The Bertz CT molecular complexity index is 783. The standard InChI is InChI=1S/C18H23N3O4/c1-13(22)9-19-18-20-16-6-2-3-7-17(16)21(18)10-14(23)11-24-12-15-5-4-8-25-15/h2-8,13-14,22-23H,9-12H2,1H3,(H,19,20)/t13-,14+/m1/s1. The highest BCUT2D eigenvalue weighted by molar-refractivity contribution is 5.78. The van der Waals surface area contributed by atoms with Crippen LogP contribution in [0, 0.1) is 0 Å². The van der Waals surface area contributed by atoms with Crippen LogP contribution >= 0.6 is 0 Å². The monoisotopic (exact) mass is 345 g/mol. The Hall–Kier alpha value is -2.35. The van der Waals surface area contributed by atoms with Crippen molar-refractivity contribution in [3.8, 4) is 0 Å². The summed E-state index contributed by atoms with van der Waals surface area (Å²) in [6.45, 7) is 2.93. The zero-order valence-electron chi connectivity index (χ0n) is 14.1. The first kappa shape index (κ1) is 17.5. The summed E-state index contributed by atoms with van der Waals surface area (Å²) in [5.74, 6) is 1.34. The zero-order chi connectivity index (χ0) is 17.6. The molecule has 0 bridgehead atoms. The summed E-state index contributed by atoms with van der Waals surface area (Å²) in [7, 11) is 0. The minimum atomic E-state index is -0.695. The number of aliphatic hydroxyl groups excluding tert-OH is 2. The van der Waals surface area contributed by atoms with Crippen LogP contribution in [-0.4, -0.2) is 45.1 Å². The van der Waals surface area contributed by atoms with Crippen LogP contribution in [0.3, 0.4) is 0 Å². The Morgan fingerprint density at radius 2 is 2.08 bits per heavy atom. The number of aliphatic hydroxyl groups is 2. The Morgan fingerprint density at radius 1 is 1.24 bits per heavy atom. The number of hydrogen-bond acceptors (Lipinski definition) is 6. The number of nitrogens with one attached hydrogen (secondary N) is 1. The average molecular weight is 345 g/mol. The molecule has 0 fully saturated rings. The lowest BCUT2D eigenvalue weighted by atomic mass is 10.3. The molecule has 0 saturated heterocycles. The molecule has 3 aromatic rings. The number of ether oxygens (including phenoxy) is 1. The summed E-state index contributed by atoms with van der Waals surface area (Å²) in [6.07, 6.45) is 0.404. The molecule has 0 aliphatic heterocycles. The number of aromatic nitrogens is 2. The molecule has 1 aromatic carbocycles. The average Bonchev–Trinajstić information content (AvgIpc) is 3.21. The molecule has 0 spiro atoms. The number of benzene rings is 1. The second-order valence-electron chi connectivity index (χ2n) is 6.01. The molecule has 3 N–H and O–H groups in total. The van der Waals surface area contributed by atoms with E-state index in [1.165, 1.54) is 0 Å². The van der Waals surface area contributed by atoms with Gasteiger partial charge in [0.1, 0.15) is 12.4 Å². The van der Waals surface area contributed by atoms with Crippen LogP contribution in [0.25, 0.3) is 11.0 Å². The summed E-state index contributed by atoms with van der Waals surface area (Å²) in [5.41, 5.74) is 1.75. The number of nitrogens with zero attached hydrogens (tertiary/aromatic N) is 2. The SMILES string of the molecule is C[C@@H](O)CNc1nc2ccccc2n1C[C@H](O)COCc1ccco1.